The van der Waals surface area contributed by atoms with Gasteiger partial charge in [0.15, 0.2) is 0 Å². The molecule has 2 rings (SSSR count). The lowest BCUT2D eigenvalue weighted by molar-refractivity contribution is -0.137. The Kier molecular flexibility index (Phi) is 4.49. The molecule has 0 saturated carbocycles. The molecule has 0 aliphatic carbocycles. The van der Waals surface area contributed by atoms with Gasteiger partial charge in [-0.2, -0.15) is 13.2 Å². The number of carbonyl (C=O) groups is 1. The molecule has 0 fully saturated rings. The van der Waals surface area contributed by atoms with Crippen LogP contribution in [-0.2, 0) is 12.6 Å². The van der Waals surface area contributed by atoms with E-state index < -0.39 is 17.6 Å². The molecule has 1 aromatic heterocycles. The molecule has 0 aliphatic heterocycles. The summed E-state index contributed by atoms with van der Waals surface area (Å²) in [7, 11) is 0. The van der Waals surface area contributed by atoms with Gasteiger partial charge in [0.25, 0.3) is 0 Å². The van der Waals surface area contributed by atoms with Gasteiger partial charge in [0.2, 0.25) is 5.91 Å². The van der Waals surface area contributed by atoms with Gasteiger partial charge >= 0.3 is 6.18 Å². The Morgan fingerprint density at radius 2 is 2.00 bits per heavy atom. The lowest BCUT2D eigenvalue weighted by Gasteiger charge is -2.19. The summed E-state index contributed by atoms with van der Waals surface area (Å²) in [6.45, 7) is 1.83. The third kappa shape index (κ3) is 3.10. The Labute approximate surface area is 126 Å². The van der Waals surface area contributed by atoms with Crippen LogP contribution in [0.2, 0.25) is 0 Å². The monoisotopic (exact) mass is 308 g/mol. The summed E-state index contributed by atoms with van der Waals surface area (Å²) in [6, 6.07) is 5.15. The quantitative estimate of drug-likeness (QED) is 0.933. The van der Waals surface area contributed by atoms with E-state index in [0.29, 0.717) is 24.0 Å². The van der Waals surface area contributed by atoms with E-state index in [4.69, 9.17) is 5.73 Å². The first-order valence-corrected chi connectivity index (χ1v) is 6.79. The zero-order chi connectivity index (χ0) is 16.3. The number of carbonyl (C=O) groups excluding carboxylic acids is 1. The van der Waals surface area contributed by atoms with Crippen LogP contribution in [0.25, 0.3) is 11.1 Å². The summed E-state index contributed by atoms with van der Waals surface area (Å²) in [5.41, 5.74) is 5.27. The molecule has 1 amide bonds. The first kappa shape index (κ1) is 16.0. The minimum atomic E-state index is -4.52. The van der Waals surface area contributed by atoms with Crippen LogP contribution in [0.3, 0.4) is 0 Å². The number of pyridine rings is 1. The maximum Gasteiger partial charge on any atom is 0.417 e. The van der Waals surface area contributed by atoms with Gasteiger partial charge in [-0.15, -0.1) is 0 Å². The second-order valence-electron chi connectivity index (χ2n) is 4.87. The van der Waals surface area contributed by atoms with Crippen LogP contribution >= 0.6 is 0 Å². The number of hydrogen-bond donors (Lipinski definition) is 1. The molecular weight excluding hydrogens is 293 g/mol. The normalized spacial score (nSPS) is 11.5. The molecule has 0 atom stereocenters. The Balaban J connectivity index is 2.84. The van der Waals surface area contributed by atoms with E-state index in [2.05, 4.69) is 4.98 Å². The molecule has 0 radical (unpaired) electrons. The number of rotatable bonds is 4. The lowest BCUT2D eigenvalue weighted by atomic mass is 9.88. The van der Waals surface area contributed by atoms with Gasteiger partial charge in [-0.3, -0.25) is 9.78 Å². The Bertz CT molecular complexity index is 682. The molecule has 2 aromatic rings. The molecule has 0 bridgehead atoms. The number of benzene rings is 1. The Hall–Kier alpha value is -2.37. The third-order valence-electron chi connectivity index (χ3n) is 3.33. The van der Waals surface area contributed by atoms with Crippen molar-refractivity contribution in [3.05, 3.63) is 53.3 Å². The summed E-state index contributed by atoms with van der Waals surface area (Å²) in [5, 5.41) is 0. The van der Waals surface area contributed by atoms with Crippen molar-refractivity contribution in [2.45, 2.75) is 25.9 Å². The summed E-state index contributed by atoms with van der Waals surface area (Å²) >= 11 is 0. The van der Waals surface area contributed by atoms with Crippen molar-refractivity contribution in [3.8, 4) is 11.1 Å². The van der Waals surface area contributed by atoms with Gasteiger partial charge in [0, 0.05) is 23.5 Å². The van der Waals surface area contributed by atoms with Crippen LogP contribution < -0.4 is 5.73 Å². The number of primary amides is 1. The number of nitrogens with two attached hydrogens (primary N) is 1. The maximum absolute atomic E-state index is 13.4. The highest BCUT2D eigenvalue weighted by molar-refractivity contribution is 5.97. The molecule has 0 saturated heterocycles. The molecule has 22 heavy (non-hydrogen) atoms. The van der Waals surface area contributed by atoms with Crippen molar-refractivity contribution in [3.63, 3.8) is 0 Å². The number of nitrogens with zero attached hydrogens (tertiary/aromatic N) is 1. The highest BCUT2D eigenvalue weighted by atomic mass is 19.4. The summed E-state index contributed by atoms with van der Waals surface area (Å²) in [5.74, 6) is -0.734. The fraction of sp³-hybridized carbons (Fsp3) is 0.250. The van der Waals surface area contributed by atoms with Gasteiger partial charge in [-0.25, -0.2) is 0 Å². The van der Waals surface area contributed by atoms with Crippen molar-refractivity contribution < 1.29 is 18.0 Å². The molecule has 1 heterocycles. The number of aromatic nitrogens is 1. The van der Waals surface area contributed by atoms with Crippen LogP contribution in [0.4, 0.5) is 13.2 Å². The second-order valence-corrected chi connectivity index (χ2v) is 4.87. The van der Waals surface area contributed by atoms with Crippen molar-refractivity contribution in [2.75, 3.05) is 0 Å². The molecular formula is C16H15F3N2O. The molecule has 0 spiro atoms. The van der Waals surface area contributed by atoms with Crippen molar-refractivity contribution in [1.82, 2.24) is 4.98 Å². The van der Waals surface area contributed by atoms with Crippen molar-refractivity contribution >= 4 is 5.91 Å². The summed E-state index contributed by atoms with van der Waals surface area (Å²) in [4.78, 5) is 15.4. The fourth-order valence-electron chi connectivity index (χ4n) is 2.46. The number of hydrogen-bond acceptors (Lipinski definition) is 2. The van der Waals surface area contributed by atoms with E-state index in [9.17, 15) is 18.0 Å². The molecule has 2 N–H and O–H groups in total. The standard InChI is InChI=1S/C16H15F3N2O/c1-2-4-11-12(15(20)22)6-7-13(16(17,18)19)14(11)10-5-3-8-21-9-10/h3,5-9H,2,4H2,1H3,(H2,20,22). The highest BCUT2D eigenvalue weighted by Crippen LogP contribution is 2.40. The number of halogens is 3. The van der Waals surface area contributed by atoms with Gasteiger partial charge in [-0.1, -0.05) is 19.4 Å². The largest absolute Gasteiger partial charge is 0.417 e. The van der Waals surface area contributed by atoms with Crippen LogP contribution in [0.5, 0.6) is 0 Å². The van der Waals surface area contributed by atoms with Crippen LogP contribution in [-0.4, -0.2) is 10.9 Å². The fourth-order valence-corrected chi connectivity index (χ4v) is 2.46. The molecule has 116 valence electrons. The zero-order valence-electron chi connectivity index (χ0n) is 11.9. The molecule has 6 heteroatoms. The smallest absolute Gasteiger partial charge is 0.366 e. The highest BCUT2D eigenvalue weighted by Gasteiger charge is 2.35. The second kappa shape index (κ2) is 6.17. The van der Waals surface area contributed by atoms with Crippen molar-refractivity contribution in [1.29, 1.82) is 0 Å². The zero-order valence-corrected chi connectivity index (χ0v) is 11.9. The van der Waals surface area contributed by atoms with E-state index in [-0.39, 0.29) is 11.1 Å². The minimum absolute atomic E-state index is 0.0150. The first-order valence-electron chi connectivity index (χ1n) is 6.79. The van der Waals surface area contributed by atoms with E-state index in [1.54, 1.807) is 12.1 Å². The average Bonchev–Trinajstić information content (AvgIpc) is 2.46. The van der Waals surface area contributed by atoms with E-state index in [1.165, 1.54) is 12.4 Å². The van der Waals surface area contributed by atoms with E-state index in [0.717, 1.165) is 12.1 Å². The Morgan fingerprint density at radius 1 is 1.27 bits per heavy atom. The van der Waals surface area contributed by atoms with Gasteiger partial charge in [0.1, 0.15) is 0 Å². The van der Waals surface area contributed by atoms with Crippen LogP contribution in [0, 0.1) is 0 Å². The molecule has 1 aromatic carbocycles. The Morgan fingerprint density at radius 3 is 2.50 bits per heavy atom. The molecule has 3 nitrogen and oxygen atoms in total. The van der Waals surface area contributed by atoms with Gasteiger partial charge < -0.3 is 5.73 Å². The summed E-state index contributed by atoms with van der Waals surface area (Å²) in [6.07, 6.45) is -0.770. The maximum atomic E-state index is 13.4. The topological polar surface area (TPSA) is 56.0 Å². The first-order chi connectivity index (χ1) is 10.4. The number of alkyl halides is 3. The molecule has 0 aliphatic rings. The SMILES string of the molecule is CCCc1c(C(N)=O)ccc(C(F)(F)F)c1-c1cccnc1. The minimum Gasteiger partial charge on any atom is -0.366 e. The van der Waals surface area contributed by atoms with Crippen LogP contribution in [0.1, 0.15) is 34.8 Å². The average molecular weight is 308 g/mol. The van der Waals surface area contributed by atoms with E-state index in [1.807, 2.05) is 6.92 Å². The summed E-state index contributed by atoms with van der Waals surface area (Å²) < 4.78 is 40.1. The third-order valence-corrected chi connectivity index (χ3v) is 3.33. The predicted octanol–water partition coefficient (Wildman–Crippen LogP) is 3.82. The van der Waals surface area contributed by atoms with Gasteiger partial charge in [-0.05, 0) is 35.7 Å². The van der Waals surface area contributed by atoms with Gasteiger partial charge in [0.05, 0.1) is 5.56 Å². The van der Waals surface area contributed by atoms with Crippen LogP contribution in [0.15, 0.2) is 36.7 Å². The number of amides is 1. The van der Waals surface area contributed by atoms with Crippen molar-refractivity contribution in [2.24, 2.45) is 5.73 Å². The van der Waals surface area contributed by atoms with E-state index >= 15 is 0 Å². The lowest BCUT2D eigenvalue weighted by Crippen LogP contribution is -2.17. The molecule has 0 unspecified atom stereocenters. The predicted molar refractivity (Wildman–Crippen MR) is 77.2 cm³/mol.